The van der Waals surface area contributed by atoms with E-state index in [2.05, 4.69) is 16.9 Å². The second-order valence-electron chi connectivity index (χ2n) is 11.7. The molecule has 0 unspecified atom stereocenters. The van der Waals surface area contributed by atoms with Gasteiger partial charge in [0.1, 0.15) is 11.5 Å². The summed E-state index contributed by atoms with van der Waals surface area (Å²) >= 11 is 0. The summed E-state index contributed by atoms with van der Waals surface area (Å²) in [6.07, 6.45) is 1.57. The molecule has 234 valence electrons. The highest BCUT2D eigenvalue weighted by atomic mass is 19.1. The zero-order chi connectivity index (χ0) is 32.1. The van der Waals surface area contributed by atoms with Crippen molar-refractivity contribution in [3.8, 4) is 22.3 Å². The van der Waals surface area contributed by atoms with Crippen LogP contribution in [0.25, 0.3) is 28.3 Å². The van der Waals surface area contributed by atoms with Gasteiger partial charge in [-0.15, -0.1) is 0 Å². The van der Waals surface area contributed by atoms with Crippen molar-refractivity contribution in [2.75, 3.05) is 13.7 Å². The number of ether oxygens (including phenoxy) is 1. The molecule has 0 bridgehead atoms. The Labute approximate surface area is 263 Å². The number of esters is 1. The summed E-state index contributed by atoms with van der Waals surface area (Å²) in [5.41, 5.74) is 6.53. The molecule has 2 atom stereocenters. The SMILES string of the molecule is COC(=O)C[C@H](O)C[C@H](O)/C=C/c1c(-c2ccc(F)cc2)c(-c2ccccc2)c(C(=O)N2CCc3ccccc3C2)n1C(C)C. The fourth-order valence-corrected chi connectivity index (χ4v) is 6.05. The topological polar surface area (TPSA) is 92.0 Å². The van der Waals surface area contributed by atoms with E-state index in [0.29, 0.717) is 30.0 Å². The highest BCUT2D eigenvalue weighted by Crippen LogP contribution is 2.43. The van der Waals surface area contributed by atoms with Crippen molar-refractivity contribution in [1.82, 2.24) is 9.47 Å². The molecule has 0 spiro atoms. The van der Waals surface area contributed by atoms with Crippen LogP contribution in [0.3, 0.4) is 0 Å². The van der Waals surface area contributed by atoms with Crippen molar-refractivity contribution >= 4 is 18.0 Å². The number of halogens is 1. The van der Waals surface area contributed by atoms with Crippen LogP contribution >= 0.6 is 0 Å². The number of carbonyl (C=O) groups excluding carboxylic acids is 2. The molecule has 7 nitrogen and oxygen atoms in total. The lowest BCUT2D eigenvalue weighted by atomic mass is 9.93. The Kier molecular flexibility index (Phi) is 9.96. The second-order valence-corrected chi connectivity index (χ2v) is 11.7. The fraction of sp³-hybridized carbons (Fsp3) is 0.297. The Morgan fingerprint density at radius 2 is 1.56 bits per heavy atom. The normalized spacial score (nSPS) is 14.4. The zero-order valence-electron chi connectivity index (χ0n) is 25.8. The number of nitrogens with zero attached hydrogens (tertiary/aromatic N) is 2. The summed E-state index contributed by atoms with van der Waals surface area (Å²) in [5, 5.41) is 21.2. The second kappa shape index (κ2) is 14.1. The zero-order valence-corrected chi connectivity index (χ0v) is 25.8. The predicted molar refractivity (Wildman–Crippen MR) is 173 cm³/mol. The Morgan fingerprint density at radius 3 is 2.22 bits per heavy atom. The summed E-state index contributed by atoms with van der Waals surface area (Å²) in [6.45, 7) is 5.06. The third kappa shape index (κ3) is 7.08. The number of aliphatic hydroxyl groups excluding tert-OH is 2. The number of fused-ring (bicyclic) bond motifs is 1. The standard InChI is InChI=1S/C37H39FN2O5/c1-24(2)40-32(18-17-30(41)21-31(42)22-33(43)45-3)34(27-13-15-29(38)16-14-27)35(26-10-5-4-6-11-26)36(40)37(44)39-20-19-25-9-7-8-12-28(25)23-39/h4-18,24,30-31,41-42H,19-23H2,1-3H3/b18-17+/t30-,31-/m1/s1. The minimum absolute atomic E-state index is 0.0790. The number of aliphatic hydroxyl groups is 2. The molecule has 5 rings (SSSR count). The first-order valence-corrected chi connectivity index (χ1v) is 15.2. The van der Waals surface area contributed by atoms with Crippen molar-refractivity contribution in [2.24, 2.45) is 0 Å². The molecule has 1 aliphatic heterocycles. The maximum atomic E-state index is 14.7. The highest BCUT2D eigenvalue weighted by Gasteiger charge is 2.33. The number of rotatable bonds is 10. The van der Waals surface area contributed by atoms with E-state index in [1.807, 2.05) is 65.8 Å². The molecule has 1 amide bonds. The molecular formula is C37H39FN2O5. The molecule has 1 aliphatic rings. The molecule has 8 heteroatoms. The van der Waals surface area contributed by atoms with E-state index in [4.69, 9.17) is 0 Å². The van der Waals surface area contributed by atoms with E-state index in [1.165, 1.54) is 24.8 Å². The van der Waals surface area contributed by atoms with Gasteiger partial charge >= 0.3 is 5.97 Å². The number of hydrogen-bond acceptors (Lipinski definition) is 5. The highest BCUT2D eigenvalue weighted by molar-refractivity contribution is 6.06. The van der Waals surface area contributed by atoms with Gasteiger partial charge in [0, 0.05) is 42.4 Å². The molecule has 1 aromatic heterocycles. The van der Waals surface area contributed by atoms with Gasteiger partial charge in [-0.2, -0.15) is 0 Å². The lowest BCUT2D eigenvalue weighted by molar-refractivity contribution is -0.143. The van der Waals surface area contributed by atoms with Crippen LogP contribution in [0.15, 0.2) is 84.9 Å². The summed E-state index contributed by atoms with van der Waals surface area (Å²) < 4.78 is 20.8. The number of benzene rings is 3. The molecule has 0 aliphatic carbocycles. The van der Waals surface area contributed by atoms with Gasteiger partial charge in [-0.1, -0.05) is 72.8 Å². The van der Waals surface area contributed by atoms with E-state index in [0.717, 1.165) is 28.7 Å². The molecule has 2 N–H and O–H groups in total. The van der Waals surface area contributed by atoms with Crippen LogP contribution in [-0.2, 0) is 22.5 Å². The average molecular weight is 611 g/mol. The summed E-state index contributed by atoms with van der Waals surface area (Å²) in [6, 6.07) is 23.9. The molecule has 3 aromatic carbocycles. The Bertz CT molecular complexity index is 1680. The first-order chi connectivity index (χ1) is 21.7. The molecule has 0 radical (unpaired) electrons. The molecule has 0 saturated carbocycles. The van der Waals surface area contributed by atoms with Gasteiger partial charge in [0.25, 0.3) is 5.91 Å². The van der Waals surface area contributed by atoms with Gasteiger partial charge < -0.3 is 24.4 Å². The lowest BCUT2D eigenvalue weighted by Crippen LogP contribution is -2.37. The van der Waals surface area contributed by atoms with Gasteiger partial charge in [0.05, 0.1) is 25.7 Å². The maximum absolute atomic E-state index is 14.7. The Morgan fingerprint density at radius 1 is 0.911 bits per heavy atom. The molecule has 0 fully saturated rings. The van der Waals surface area contributed by atoms with E-state index in [9.17, 15) is 24.2 Å². The van der Waals surface area contributed by atoms with Crippen LogP contribution in [0, 0.1) is 5.82 Å². The Balaban J connectivity index is 1.69. The lowest BCUT2D eigenvalue weighted by Gasteiger charge is -2.30. The van der Waals surface area contributed by atoms with Gasteiger partial charge in [0.2, 0.25) is 0 Å². The van der Waals surface area contributed by atoms with Crippen molar-refractivity contribution in [3.05, 3.63) is 113 Å². The maximum Gasteiger partial charge on any atom is 0.308 e. The van der Waals surface area contributed by atoms with E-state index in [-0.39, 0.29) is 30.6 Å². The first-order valence-electron chi connectivity index (χ1n) is 15.2. The monoisotopic (exact) mass is 610 g/mol. The van der Waals surface area contributed by atoms with Crippen LogP contribution in [0.4, 0.5) is 4.39 Å². The van der Waals surface area contributed by atoms with Crippen molar-refractivity contribution in [3.63, 3.8) is 0 Å². The number of aromatic nitrogens is 1. The molecule has 4 aromatic rings. The summed E-state index contributed by atoms with van der Waals surface area (Å²) in [7, 11) is 1.24. The predicted octanol–water partition coefficient (Wildman–Crippen LogP) is 6.43. The van der Waals surface area contributed by atoms with Crippen LogP contribution in [-0.4, -0.2) is 57.4 Å². The van der Waals surface area contributed by atoms with E-state index in [1.54, 1.807) is 24.3 Å². The summed E-state index contributed by atoms with van der Waals surface area (Å²) in [5.74, 6) is -1.06. The van der Waals surface area contributed by atoms with E-state index >= 15 is 0 Å². The van der Waals surface area contributed by atoms with Gasteiger partial charge in [-0.25, -0.2) is 4.39 Å². The average Bonchev–Trinajstić information content (AvgIpc) is 3.39. The van der Waals surface area contributed by atoms with Gasteiger partial charge in [-0.3, -0.25) is 9.59 Å². The number of amides is 1. The smallest absolute Gasteiger partial charge is 0.308 e. The van der Waals surface area contributed by atoms with E-state index < -0.39 is 18.2 Å². The minimum atomic E-state index is -1.09. The molecule has 0 saturated heterocycles. The first kappa shape index (κ1) is 31.9. The molecule has 2 heterocycles. The number of hydrogen-bond donors (Lipinski definition) is 2. The van der Waals surface area contributed by atoms with Crippen LogP contribution in [0.2, 0.25) is 0 Å². The van der Waals surface area contributed by atoms with Crippen molar-refractivity contribution < 1.29 is 28.9 Å². The summed E-state index contributed by atoms with van der Waals surface area (Å²) in [4.78, 5) is 28.2. The molecule has 45 heavy (non-hydrogen) atoms. The van der Waals surface area contributed by atoms with Crippen LogP contribution < -0.4 is 0 Å². The van der Waals surface area contributed by atoms with Gasteiger partial charge in [0.15, 0.2) is 0 Å². The van der Waals surface area contributed by atoms with Crippen LogP contribution in [0.5, 0.6) is 0 Å². The van der Waals surface area contributed by atoms with Crippen molar-refractivity contribution in [2.45, 2.75) is 57.9 Å². The third-order valence-corrected chi connectivity index (χ3v) is 8.20. The van der Waals surface area contributed by atoms with Crippen molar-refractivity contribution in [1.29, 1.82) is 0 Å². The fourth-order valence-electron chi connectivity index (χ4n) is 6.05. The number of methoxy groups -OCH3 is 1. The van der Waals surface area contributed by atoms with Gasteiger partial charge in [-0.05, 0) is 60.7 Å². The Hall–Kier alpha value is -4.53. The number of carbonyl (C=O) groups is 2. The minimum Gasteiger partial charge on any atom is -0.469 e. The quantitative estimate of drug-likeness (QED) is 0.202. The van der Waals surface area contributed by atoms with Crippen LogP contribution in [0.1, 0.15) is 60.0 Å². The largest absolute Gasteiger partial charge is 0.469 e. The third-order valence-electron chi connectivity index (χ3n) is 8.20. The molecular weight excluding hydrogens is 571 g/mol.